The van der Waals surface area contributed by atoms with Crippen molar-refractivity contribution in [2.45, 2.75) is 41.5 Å². The van der Waals surface area contributed by atoms with E-state index in [4.69, 9.17) is 0 Å². The second kappa shape index (κ2) is 10.2. The molecule has 92 valence electrons. The highest BCUT2D eigenvalue weighted by molar-refractivity contribution is 5.59. The lowest BCUT2D eigenvalue weighted by Gasteiger charge is -1.96. The molecule has 0 spiro atoms. The van der Waals surface area contributed by atoms with E-state index in [1.807, 2.05) is 71.4 Å². The van der Waals surface area contributed by atoms with Crippen LogP contribution in [0.2, 0.25) is 0 Å². The molecule has 2 nitrogen and oxygen atoms in total. The highest BCUT2D eigenvalue weighted by Crippen LogP contribution is 2.12. The summed E-state index contributed by atoms with van der Waals surface area (Å²) in [6.45, 7) is 15.7. The molecule has 0 N–H and O–H groups in total. The lowest BCUT2D eigenvalue weighted by Crippen LogP contribution is -1.93. The largest absolute Gasteiger partial charge is 0.331 e. The maximum atomic E-state index is 4.38. The summed E-state index contributed by atoms with van der Waals surface area (Å²) >= 11 is 0. The first-order chi connectivity index (χ1) is 7.70. The molecule has 1 rings (SSSR count). The normalized spacial score (nSPS) is 8.94. The molecule has 0 fully saturated rings. The Morgan fingerprint density at radius 3 is 2.06 bits per heavy atom. The van der Waals surface area contributed by atoms with Gasteiger partial charge in [-0.3, -0.25) is 0 Å². The molecular formula is C14H26N2. The fourth-order valence-electron chi connectivity index (χ4n) is 1.17. The number of nitrogens with zero attached hydrogens (tertiary/aromatic N) is 2. The van der Waals surface area contributed by atoms with Gasteiger partial charge >= 0.3 is 0 Å². The second-order valence-electron chi connectivity index (χ2n) is 2.69. The SMILES string of the molecule is C=Cc1c(/C=C\C)nc(C)n1C.CC.CC. The third kappa shape index (κ3) is 4.47. The minimum Gasteiger partial charge on any atom is -0.331 e. The fraction of sp³-hybridized carbons (Fsp3) is 0.500. The van der Waals surface area contributed by atoms with Gasteiger partial charge in [-0.2, -0.15) is 0 Å². The average molecular weight is 222 g/mol. The van der Waals surface area contributed by atoms with Crippen molar-refractivity contribution in [2.75, 3.05) is 0 Å². The molecule has 1 aromatic heterocycles. The van der Waals surface area contributed by atoms with Crippen LogP contribution in [0.15, 0.2) is 12.7 Å². The van der Waals surface area contributed by atoms with Gasteiger partial charge in [0, 0.05) is 7.05 Å². The molecular weight excluding hydrogens is 196 g/mol. The summed E-state index contributed by atoms with van der Waals surface area (Å²) in [5, 5.41) is 0. The molecule has 16 heavy (non-hydrogen) atoms. The number of aromatic nitrogens is 2. The minimum atomic E-state index is 0.993. The van der Waals surface area contributed by atoms with Crippen LogP contribution in [0.3, 0.4) is 0 Å². The van der Waals surface area contributed by atoms with Crippen molar-refractivity contribution in [3.8, 4) is 0 Å². The zero-order chi connectivity index (χ0) is 13.1. The summed E-state index contributed by atoms with van der Waals surface area (Å²) in [4.78, 5) is 4.38. The van der Waals surface area contributed by atoms with Crippen molar-refractivity contribution >= 4 is 12.2 Å². The van der Waals surface area contributed by atoms with Gasteiger partial charge in [0.15, 0.2) is 0 Å². The Hall–Kier alpha value is -1.31. The Morgan fingerprint density at radius 1 is 1.19 bits per heavy atom. The fourth-order valence-corrected chi connectivity index (χ4v) is 1.17. The lowest BCUT2D eigenvalue weighted by molar-refractivity contribution is 0.849. The minimum absolute atomic E-state index is 0.993. The van der Waals surface area contributed by atoms with Crippen molar-refractivity contribution in [3.05, 3.63) is 29.9 Å². The van der Waals surface area contributed by atoms with Crippen LogP contribution in [0.5, 0.6) is 0 Å². The van der Waals surface area contributed by atoms with Crippen LogP contribution in [0.1, 0.15) is 51.8 Å². The number of hydrogen-bond acceptors (Lipinski definition) is 1. The van der Waals surface area contributed by atoms with Gasteiger partial charge in [0.05, 0.1) is 11.4 Å². The number of allylic oxidation sites excluding steroid dienone is 1. The lowest BCUT2D eigenvalue weighted by atomic mass is 10.3. The van der Waals surface area contributed by atoms with Gasteiger partial charge in [-0.05, 0) is 26.0 Å². The van der Waals surface area contributed by atoms with Gasteiger partial charge in [-0.25, -0.2) is 4.98 Å². The van der Waals surface area contributed by atoms with Crippen molar-refractivity contribution in [1.82, 2.24) is 9.55 Å². The zero-order valence-corrected chi connectivity index (χ0v) is 11.8. The second-order valence-corrected chi connectivity index (χ2v) is 2.69. The van der Waals surface area contributed by atoms with E-state index >= 15 is 0 Å². The van der Waals surface area contributed by atoms with Crippen LogP contribution in [0.4, 0.5) is 0 Å². The topological polar surface area (TPSA) is 17.8 Å². The summed E-state index contributed by atoms with van der Waals surface area (Å²) < 4.78 is 2.03. The number of hydrogen-bond donors (Lipinski definition) is 0. The van der Waals surface area contributed by atoms with E-state index in [1.54, 1.807) is 0 Å². The van der Waals surface area contributed by atoms with Crippen LogP contribution in [-0.2, 0) is 7.05 Å². The summed E-state index contributed by atoms with van der Waals surface area (Å²) in [7, 11) is 1.99. The van der Waals surface area contributed by atoms with Crippen molar-refractivity contribution < 1.29 is 0 Å². The van der Waals surface area contributed by atoms with E-state index in [2.05, 4.69) is 11.6 Å². The molecule has 0 amide bonds. The quantitative estimate of drug-likeness (QED) is 0.722. The molecule has 1 aromatic rings. The molecule has 0 saturated heterocycles. The van der Waals surface area contributed by atoms with Gasteiger partial charge in [-0.1, -0.05) is 40.3 Å². The summed E-state index contributed by atoms with van der Waals surface area (Å²) in [5.74, 6) is 1.01. The first kappa shape index (κ1) is 17.1. The van der Waals surface area contributed by atoms with Crippen LogP contribution in [0, 0.1) is 6.92 Å². The Labute approximate surface area is 101 Å². The van der Waals surface area contributed by atoms with E-state index in [9.17, 15) is 0 Å². The first-order valence-electron chi connectivity index (χ1n) is 5.99. The van der Waals surface area contributed by atoms with Gasteiger partial charge < -0.3 is 4.57 Å². The molecule has 0 aliphatic carbocycles. The highest BCUT2D eigenvalue weighted by Gasteiger charge is 2.04. The Balaban J connectivity index is 0. The molecule has 0 aliphatic rings. The highest BCUT2D eigenvalue weighted by atomic mass is 15.1. The average Bonchev–Trinajstić information content (AvgIpc) is 2.60. The number of aryl methyl sites for hydroxylation is 1. The zero-order valence-electron chi connectivity index (χ0n) is 11.8. The molecule has 0 unspecified atom stereocenters. The van der Waals surface area contributed by atoms with E-state index in [0.717, 1.165) is 17.2 Å². The molecule has 0 saturated carbocycles. The summed E-state index contributed by atoms with van der Waals surface area (Å²) in [5.41, 5.74) is 2.07. The number of rotatable bonds is 2. The van der Waals surface area contributed by atoms with Crippen molar-refractivity contribution in [3.63, 3.8) is 0 Å². The van der Waals surface area contributed by atoms with Gasteiger partial charge in [0.2, 0.25) is 0 Å². The Morgan fingerprint density at radius 2 is 1.69 bits per heavy atom. The maximum Gasteiger partial charge on any atom is 0.106 e. The Bertz CT molecular complexity index is 320. The van der Waals surface area contributed by atoms with Gasteiger partial charge in [0.1, 0.15) is 5.82 Å². The predicted molar refractivity (Wildman–Crippen MR) is 75.4 cm³/mol. The smallest absolute Gasteiger partial charge is 0.106 e. The van der Waals surface area contributed by atoms with E-state index in [-0.39, 0.29) is 0 Å². The Kier molecular flexibility index (Phi) is 10.9. The third-order valence-electron chi connectivity index (χ3n) is 1.91. The van der Waals surface area contributed by atoms with E-state index < -0.39 is 0 Å². The molecule has 0 radical (unpaired) electrons. The molecule has 1 heterocycles. The molecule has 2 heteroatoms. The van der Waals surface area contributed by atoms with Crippen LogP contribution >= 0.6 is 0 Å². The first-order valence-corrected chi connectivity index (χ1v) is 5.99. The summed E-state index contributed by atoms with van der Waals surface area (Å²) in [6, 6.07) is 0. The van der Waals surface area contributed by atoms with Crippen molar-refractivity contribution in [2.24, 2.45) is 7.05 Å². The molecule has 0 atom stereocenters. The van der Waals surface area contributed by atoms with E-state index in [0.29, 0.717) is 0 Å². The molecule has 0 aliphatic heterocycles. The summed E-state index contributed by atoms with van der Waals surface area (Å²) in [6.07, 6.45) is 5.80. The standard InChI is InChI=1S/C10H14N2.2C2H6/c1-5-7-9-10(6-2)12(4)8(3)11-9;2*1-2/h5-7H,2H2,1,3-4H3;2*1-2H3/b7-5-;;. The number of imidazole rings is 1. The van der Waals surface area contributed by atoms with Crippen molar-refractivity contribution in [1.29, 1.82) is 0 Å². The van der Waals surface area contributed by atoms with Crippen LogP contribution < -0.4 is 0 Å². The maximum absolute atomic E-state index is 4.38. The van der Waals surface area contributed by atoms with Crippen LogP contribution in [0.25, 0.3) is 12.2 Å². The van der Waals surface area contributed by atoms with E-state index in [1.165, 1.54) is 0 Å². The third-order valence-corrected chi connectivity index (χ3v) is 1.91. The van der Waals surface area contributed by atoms with Crippen LogP contribution in [-0.4, -0.2) is 9.55 Å². The van der Waals surface area contributed by atoms with Gasteiger partial charge in [0.25, 0.3) is 0 Å². The monoisotopic (exact) mass is 222 g/mol. The predicted octanol–water partition coefficient (Wildman–Crippen LogP) is 4.46. The van der Waals surface area contributed by atoms with Gasteiger partial charge in [-0.15, -0.1) is 0 Å². The molecule has 0 bridgehead atoms. The molecule has 0 aromatic carbocycles.